The summed E-state index contributed by atoms with van der Waals surface area (Å²) in [4.78, 5) is 23.7. The van der Waals surface area contributed by atoms with Crippen LogP contribution in [0, 0.1) is 6.92 Å². The standard InChI is InChI=1S/C17H21N3O2/c1-13-7-6-12-20(17(13)22)11-5-4-10-16(21)19-15-9-3-2-8-14(15)18/h2-3,6-9,12H,4-5,10-11,18H2,1H3,(H,19,21). The molecule has 0 atom stereocenters. The third-order valence-corrected chi connectivity index (χ3v) is 3.50. The molecule has 3 N–H and O–H groups in total. The van der Waals surface area contributed by atoms with Gasteiger partial charge in [0.2, 0.25) is 5.91 Å². The molecule has 0 radical (unpaired) electrons. The predicted octanol–water partition coefficient (Wildman–Crippen LogP) is 2.55. The second-order valence-corrected chi connectivity index (χ2v) is 5.28. The second kappa shape index (κ2) is 7.45. The number of para-hydroxylation sites is 2. The Morgan fingerprint density at radius 3 is 2.73 bits per heavy atom. The van der Waals surface area contributed by atoms with E-state index in [1.807, 2.05) is 18.2 Å². The van der Waals surface area contributed by atoms with E-state index in [2.05, 4.69) is 5.32 Å². The first-order valence-electron chi connectivity index (χ1n) is 7.38. The van der Waals surface area contributed by atoms with Crippen molar-refractivity contribution in [2.24, 2.45) is 0 Å². The number of nitrogens with one attached hydrogen (secondary N) is 1. The largest absolute Gasteiger partial charge is 0.397 e. The third kappa shape index (κ3) is 4.22. The van der Waals surface area contributed by atoms with Crippen LogP contribution in [0.1, 0.15) is 24.8 Å². The van der Waals surface area contributed by atoms with Crippen molar-refractivity contribution in [3.05, 3.63) is 58.5 Å². The quantitative estimate of drug-likeness (QED) is 0.635. The molecule has 0 fully saturated rings. The molecule has 0 saturated heterocycles. The number of rotatable bonds is 6. The molecule has 0 aliphatic carbocycles. The zero-order valence-electron chi connectivity index (χ0n) is 12.7. The topological polar surface area (TPSA) is 77.1 Å². The molecule has 5 nitrogen and oxygen atoms in total. The molecular weight excluding hydrogens is 278 g/mol. The lowest BCUT2D eigenvalue weighted by molar-refractivity contribution is -0.116. The zero-order chi connectivity index (χ0) is 15.9. The highest BCUT2D eigenvalue weighted by Gasteiger charge is 2.05. The minimum atomic E-state index is -0.0607. The van der Waals surface area contributed by atoms with Crippen LogP contribution in [0.3, 0.4) is 0 Å². The number of carbonyl (C=O) groups is 1. The van der Waals surface area contributed by atoms with Gasteiger partial charge in [-0.05, 0) is 38.0 Å². The molecule has 0 bridgehead atoms. The molecule has 1 amide bonds. The van der Waals surface area contributed by atoms with Crippen LogP contribution in [-0.4, -0.2) is 10.5 Å². The van der Waals surface area contributed by atoms with Crippen molar-refractivity contribution >= 4 is 17.3 Å². The molecular formula is C17H21N3O2. The predicted molar refractivity (Wildman–Crippen MR) is 88.8 cm³/mol. The van der Waals surface area contributed by atoms with E-state index in [0.717, 1.165) is 18.4 Å². The van der Waals surface area contributed by atoms with Crippen LogP contribution in [0.5, 0.6) is 0 Å². The van der Waals surface area contributed by atoms with Crippen molar-refractivity contribution in [2.75, 3.05) is 11.1 Å². The Morgan fingerprint density at radius 2 is 1.95 bits per heavy atom. The smallest absolute Gasteiger partial charge is 0.253 e. The molecule has 1 heterocycles. The molecule has 0 unspecified atom stereocenters. The number of aryl methyl sites for hydroxylation is 2. The number of carbonyl (C=O) groups excluding carboxylic acids is 1. The van der Waals surface area contributed by atoms with E-state index in [1.165, 1.54) is 0 Å². The van der Waals surface area contributed by atoms with E-state index in [-0.39, 0.29) is 11.5 Å². The molecule has 0 aliphatic rings. The van der Waals surface area contributed by atoms with Crippen LogP contribution < -0.4 is 16.6 Å². The number of hydrogen-bond acceptors (Lipinski definition) is 3. The first-order chi connectivity index (χ1) is 10.6. The number of unbranched alkanes of at least 4 members (excludes halogenated alkanes) is 1. The summed E-state index contributed by atoms with van der Waals surface area (Å²) in [5.41, 5.74) is 7.74. The van der Waals surface area contributed by atoms with Crippen molar-refractivity contribution in [1.29, 1.82) is 0 Å². The zero-order valence-corrected chi connectivity index (χ0v) is 12.7. The van der Waals surface area contributed by atoms with Gasteiger partial charge in [0, 0.05) is 24.7 Å². The lowest BCUT2D eigenvalue weighted by Crippen LogP contribution is -2.21. The van der Waals surface area contributed by atoms with Gasteiger partial charge in [0.1, 0.15) is 0 Å². The molecule has 1 aromatic carbocycles. The molecule has 2 aromatic rings. The van der Waals surface area contributed by atoms with E-state index < -0.39 is 0 Å². The summed E-state index contributed by atoms with van der Waals surface area (Å²) >= 11 is 0. The fraction of sp³-hybridized carbons (Fsp3) is 0.294. The van der Waals surface area contributed by atoms with Crippen LogP contribution in [0.4, 0.5) is 11.4 Å². The molecule has 22 heavy (non-hydrogen) atoms. The van der Waals surface area contributed by atoms with Crippen LogP contribution >= 0.6 is 0 Å². The highest BCUT2D eigenvalue weighted by atomic mass is 16.1. The van der Waals surface area contributed by atoms with Gasteiger partial charge in [0.25, 0.3) is 5.56 Å². The lowest BCUT2D eigenvalue weighted by atomic mass is 10.2. The SMILES string of the molecule is Cc1cccn(CCCCC(=O)Nc2ccccc2N)c1=O. The number of nitrogen functional groups attached to an aromatic ring is 1. The Morgan fingerprint density at radius 1 is 1.18 bits per heavy atom. The normalized spacial score (nSPS) is 10.4. The van der Waals surface area contributed by atoms with Crippen LogP contribution in [0.2, 0.25) is 0 Å². The van der Waals surface area contributed by atoms with Crippen LogP contribution in [-0.2, 0) is 11.3 Å². The van der Waals surface area contributed by atoms with Crippen LogP contribution in [0.15, 0.2) is 47.4 Å². The summed E-state index contributed by atoms with van der Waals surface area (Å²) in [6.07, 6.45) is 3.69. The van der Waals surface area contributed by atoms with Gasteiger partial charge in [-0.1, -0.05) is 18.2 Å². The van der Waals surface area contributed by atoms with Gasteiger partial charge in [-0.3, -0.25) is 9.59 Å². The number of aromatic nitrogens is 1. The highest BCUT2D eigenvalue weighted by molar-refractivity contribution is 5.93. The molecule has 2 rings (SSSR count). The number of benzene rings is 1. The maximum absolute atomic E-state index is 11.9. The van der Waals surface area contributed by atoms with E-state index in [4.69, 9.17) is 5.73 Å². The van der Waals surface area contributed by atoms with Gasteiger partial charge >= 0.3 is 0 Å². The molecule has 0 spiro atoms. The minimum Gasteiger partial charge on any atom is -0.397 e. The van der Waals surface area contributed by atoms with E-state index in [9.17, 15) is 9.59 Å². The van der Waals surface area contributed by atoms with Gasteiger partial charge in [-0.25, -0.2) is 0 Å². The fourth-order valence-electron chi connectivity index (χ4n) is 2.22. The van der Waals surface area contributed by atoms with E-state index in [0.29, 0.717) is 24.3 Å². The number of pyridine rings is 1. The second-order valence-electron chi connectivity index (χ2n) is 5.28. The number of nitrogens with zero attached hydrogens (tertiary/aromatic N) is 1. The Bertz CT molecular complexity index is 707. The molecule has 1 aromatic heterocycles. The van der Waals surface area contributed by atoms with Gasteiger partial charge in [-0.2, -0.15) is 0 Å². The van der Waals surface area contributed by atoms with Crippen molar-refractivity contribution in [3.8, 4) is 0 Å². The monoisotopic (exact) mass is 299 g/mol. The van der Waals surface area contributed by atoms with Gasteiger partial charge in [0.15, 0.2) is 0 Å². The van der Waals surface area contributed by atoms with Gasteiger partial charge in [-0.15, -0.1) is 0 Å². The first kappa shape index (κ1) is 15.8. The number of anilines is 2. The number of nitrogens with two attached hydrogens (primary N) is 1. The van der Waals surface area contributed by atoms with Crippen LogP contribution in [0.25, 0.3) is 0 Å². The van der Waals surface area contributed by atoms with Crippen molar-refractivity contribution in [3.63, 3.8) is 0 Å². The number of hydrogen-bond donors (Lipinski definition) is 2. The van der Waals surface area contributed by atoms with Crippen molar-refractivity contribution in [2.45, 2.75) is 32.7 Å². The minimum absolute atomic E-state index is 0.0315. The fourth-order valence-corrected chi connectivity index (χ4v) is 2.22. The summed E-state index contributed by atoms with van der Waals surface area (Å²) in [5.74, 6) is -0.0607. The van der Waals surface area contributed by atoms with Crippen molar-refractivity contribution < 1.29 is 4.79 Å². The summed E-state index contributed by atoms with van der Waals surface area (Å²) in [6.45, 7) is 2.43. The summed E-state index contributed by atoms with van der Waals surface area (Å²) < 4.78 is 1.68. The van der Waals surface area contributed by atoms with E-state index in [1.54, 1.807) is 35.9 Å². The Balaban J connectivity index is 1.77. The summed E-state index contributed by atoms with van der Waals surface area (Å²) in [6, 6.07) is 10.8. The lowest BCUT2D eigenvalue weighted by Gasteiger charge is -2.08. The Kier molecular flexibility index (Phi) is 5.36. The maximum Gasteiger partial charge on any atom is 0.253 e. The summed E-state index contributed by atoms with van der Waals surface area (Å²) in [7, 11) is 0. The van der Waals surface area contributed by atoms with Gasteiger partial charge < -0.3 is 15.6 Å². The molecule has 5 heteroatoms. The average Bonchev–Trinajstić information content (AvgIpc) is 2.50. The molecule has 0 aliphatic heterocycles. The molecule has 116 valence electrons. The average molecular weight is 299 g/mol. The maximum atomic E-state index is 11.9. The first-order valence-corrected chi connectivity index (χ1v) is 7.38. The summed E-state index contributed by atoms with van der Waals surface area (Å²) in [5, 5.41) is 2.80. The highest BCUT2D eigenvalue weighted by Crippen LogP contribution is 2.17. The van der Waals surface area contributed by atoms with Gasteiger partial charge in [0.05, 0.1) is 11.4 Å². The van der Waals surface area contributed by atoms with E-state index >= 15 is 0 Å². The Hall–Kier alpha value is -2.56. The third-order valence-electron chi connectivity index (χ3n) is 3.50. The Labute approximate surface area is 129 Å². The molecule has 0 saturated carbocycles. The van der Waals surface area contributed by atoms with Crippen molar-refractivity contribution in [1.82, 2.24) is 4.57 Å². The number of amides is 1.